The van der Waals surface area contributed by atoms with Crippen molar-refractivity contribution in [2.24, 2.45) is 5.10 Å². The Kier molecular flexibility index (Phi) is 9.63. The van der Waals surface area contributed by atoms with Crippen LogP contribution in [0.4, 0.5) is 4.39 Å². The first-order chi connectivity index (χ1) is 21.2. The number of para-hydroxylation sites is 1. The molecule has 0 N–H and O–H groups in total. The molecule has 0 unspecified atom stereocenters. The molecule has 0 fully saturated rings. The minimum Gasteiger partial charge on any atom is -0.496 e. The topological polar surface area (TPSA) is 74.9 Å². The summed E-state index contributed by atoms with van der Waals surface area (Å²) in [5.74, 6) is 2.07. The molecule has 1 heterocycles. The van der Waals surface area contributed by atoms with Gasteiger partial charge in [0.15, 0.2) is 17.3 Å². The van der Waals surface area contributed by atoms with Crippen LogP contribution in [0.25, 0.3) is 22.3 Å². The highest BCUT2D eigenvalue weighted by Crippen LogP contribution is 2.36. The largest absolute Gasteiger partial charge is 0.496 e. The molecule has 0 saturated carbocycles. The van der Waals surface area contributed by atoms with Gasteiger partial charge in [-0.2, -0.15) is 9.78 Å². The lowest BCUT2D eigenvalue weighted by atomic mass is 9.96. The Balaban J connectivity index is 1.60. The zero-order chi connectivity index (χ0) is 31.4. The number of aromatic nitrogens is 2. The van der Waals surface area contributed by atoms with E-state index in [0.29, 0.717) is 46.0 Å². The zero-order valence-electron chi connectivity index (χ0n) is 25.2. The van der Waals surface area contributed by atoms with E-state index in [0.717, 1.165) is 26.0 Å². The number of ether oxygens (including phenoxy) is 3. The first-order valence-electron chi connectivity index (χ1n) is 14.3. The van der Waals surface area contributed by atoms with E-state index in [1.165, 1.54) is 10.7 Å². The lowest BCUT2D eigenvalue weighted by Crippen LogP contribution is -2.21. The van der Waals surface area contributed by atoms with Crippen molar-refractivity contribution in [3.05, 3.63) is 115 Å². The molecule has 44 heavy (non-hydrogen) atoms. The minimum absolute atomic E-state index is 0.0529. The van der Waals surface area contributed by atoms with Crippen LogP contribution in [0.1, 0.15) is 48.9 Å². The van der Waals surface area contributed by atoms with Crippen molar-refractivity contribution in [1.29, 1.82) is 0 Å². The maximum absolute atomic E-state index is 14.2. The van der Waals surface area contributed by atoms with Crippen LogP contribution in [0, 0.1) is 16.3 Å². The zero-order valence-corrected chi connectivity index (χ0v) is 27.4. The van der Waals surface area contributed by atoms with Crippen molar-refractivity contribution < 1.29 is 18.6 Å². The van der Waals surface area contributed by atoms with Gasteiger partial charge in [0, 0.05) is 11.1 Å². The summed E-state index contributed by atoms with van der Waals surface area (Å²) >= 11 is 2.16. The molecule has 1 aromatic heterocycles. The molecule has 0 amide bonds. The molecule has 226 valence electrons. The molecule has 0 bridgehead atoms. The molecule has 0 saturated heterocycles. The van der Waals surface area contributed by atoms with Crippen molar-refractivity contribution in [2.75, 3.05) is 13.7 Å². The highest BCUT2D eigenvalue weighted by molar-refractivity contribution is 14.1. The smallest absolute Gasteiger partial charge is 0.282 e. The maximum Gasteiger partial charge on any atom is 0.282 e. The highest BCUT2D eigenvalue weighted by Gasteiger charge is 2.19. The van der Waals surface area contributed by atoms with E-state index >= 15 is 0 Å². The van der Waals surface area contributed by atoms with Crippen molar-refractivity contribution in [2.45, 2.75) is 40.2 Å². The van der Waals surface area contributed by atoms with E-state index in [1.807, 2.05) is 50.2 Å². The van der Waals surface area contributed by atoms with Gasteiger partial charge in [-0.25, -0.2) is 9.37 Å². The summed E-state index contributed by atoms with van der Waals surface area (Å²) in [6.07, 6.45) is 1.61. The number of halogens is 2. The average molecular weight is 706 g/mol. The van der Waals surface area contributed by atoms with Crippen molar-refractivity contribution in [3.8, 4) is 28.6 Å². The highest BCUT2D eigenvalue weighted by atomic mass is 127. The average Bonchev–Trinajstić information content (AvgIpc) is 3.00. The molecule has 9 heteroatoms. The van der Waals surface area contributed by atoms with Crippen molar-refractivity contribution in [1.82, 2.24) is 9.66 Å². The van der Waals surface area contributed by atoms with Crippen LogP contribution in [0.2, 0.25) is 0 Å². The quantitative estimate of drug-likeness (QED) is 0.109. The van der Waals surface area contributed by atoms with Crippen LogP contribution in [-0.2, 0) is 6.61 Å². The fourth-order valence-corrected chi connectivity index (χ4v) is 5.71. The molecule has 0 aliphatic rings. The fourth-order valence-electron chi connectivity index (χ4n) is 4.93. The molecule has 0 atom stereocenters. The molecular formula is C35H33FIN3O4. The van der Waals surface area contributed by atoms with Crippen LogP contribution in [0.5, 0.6) is 17.2 Å². The number of nitrogens with zero attached hydrogens (tertiary/aromatic N) is 3. The van der Waals surface area contributed by atoms with Crippen LogP contribution >= 0.6 is 22.6 Å². The Morgan fingerprint density at radius 2 is 1.77 bits per heavy atom. The Morgan fingerprint density at radius 1 is 1.02 bits per heavy atom. The van der Waals surface area contributed by atoms with Crippen LogP contribution in [0.3, 0.4) is 0 Å². The number of fused-ring (bicyclic) bond motifs is 1. The number of hydrogen-bond acceptors (Lipinski definition) is 6. The molecule has 0 aliphatic heterocycles. The molecule has 5 aromatic rings. The van der Waals surface area contributed by atoms with E-state index in [4.69, 9.17) is 19.2 Å². The number of benzene rings is 4. The summed E-state index contributed by atoms with van der Waals surface area (Å²) in [4.78, 5) is 18.7. The Morgan fingerprint density at radius 3 is 2.50 bits per heavy atom. The number of hydrogen-bond donors (Lipinski definition) is 0. The summed E-state index contributed by atoms with van der Waals surface area (Å²) in [5.41, 5.74) is 4.14. The van der Waals surface area contributed by atoms with Crippen LogP contribution in [0.15, 0.2) is 82.7 Å². The lowest BCUT2D eigenvalue weighted by Gasteiger charge is -2.17. The summed E-state index contributed by atoms with van der Waals surface area (Å²) in [6, 6.07) is 21.4. The third kappa shape index (κ3) is 6.47. The second kappa shape index (κ2) is 13.6. The monoisotopic (exact) mass is 705 g/mol. The van der Waals surface area contributed by atoms with Gasteiger partial charge in [0.25, 0.3) is 5.56 Å². The Bertz CT molecular complexity index is 1920. The maximum atomic E-state index is 14.2. The van der Waals surface area contributed by atoms with Gasteiger partial charge in [-0.1, -0.05) is 44.2 Å². The number of methoxy groups -OCH3 is 1. The predicted molar refractivity (Wildman–Crippen MR) is 181 cm³/mol. The van der Waals surface area contributed by atoms with Gasteiger partial charge in [-0.05, 0) is 102 Å². The van der Waals surface area contributed by atoms with E-state index < -0.39 is 0 Å². The number of rotatable bonds is 10. The third-order valence-electron chi connectivity index (χ3n) is 7.18. The minimum atomic E-state index is -0.331. The van der Waals surface area contributed by atoms with Gasteiger partial charge in [0.05, 0.1) is 34.4 Å². The van der Waals surface area contributed by atoms with Gasteiger partial charge < -0.3 is 14.2 Å². The van der Waals surface area contributed by atoms with Crippen LogP contribution in [-0.4, -0.2) is 29.6 Å². The molecule has 4 aromatic carbocycles. The Labute approximate surface area is 269 Å². The third-order valence-corrected chi connectivity index (χ3v) is 7.98. The van der Waals surface area contributed by atoms with Gasteiger partial charge in [-0.3, -0.25) is 4.79 Å². The number of aryl methyl sites for hydroxylation is 1. The molecule has 0 radical (unpaired) electrons. The summed E-state index contributed by atoms with van der Waals surface area (Å²) in [7, 11) is 1.66. The molecule has 0 spiro atoms. The standard InChI is InChI=1S/C35H33FIN3O4/c1-6-43-32-17-23(16-29(37)33(32)44-20-24-11-7-9-13-28(24)36)19-38-40-34(39-30-14-10-8-12-25(30)35(40)41)27-18-26(21(2)3)31(42-5)15-22(27)4/h7-19,21H,6,20H2,1-5H3. The summed E-state index contributed by atoms with van der Waals surface area (Å²) in [6.45, 7) is 8.49. The van der Waals surface area contributed by atoms with Gasteiger partial charge >= 0.3 is 0 Å². The van der Waals surface area contributed by atoms with Crippen LogP contribution < -0.4 is 19.8 Å². The normalized spacial score (nSPS) is 11.5. The van der Waals surface area contributed by atoms with Crippen molar-refractivity contribution >= 4 is 39.7 Å². The second-order valence-electron chi connectivity index (χ2n) is 10.5. The van der Waals surface area contributed by atoms with Gasteiger partial charge in [0.2, 0.25) is 0 Å². The first kappa shape index (κ1) is 31.2. The second-order valence-corrected chi connectivity index (χ2v) is 11.7. The fraction of sp³-hybridized carbons (Fsp3) is 0.229. The summed E-state index contributed by atoms with van der Waals surface area (Å²) in [5, 5.41) is 5.14. The lowest BCUT2D eigenvalue weighted by molar-refractivity contribution is 0.264. The van der Waals surface area contributed by atoms with E-state index in [1.54, 1.807) is 43.7 Å². The molecule has 5 rings (SSSR count). The summed E-state index contributed by atoms with van der Waals surface area (Å²) < 4.78 is 33.9. The van der Waals surface area contributed by atoms with Crippen molar-refractivity contribution in [3.63, 3.8) is 0 Å². The molecule has 0 aliphatic carbocycles. The molecule has 7 nitrogen and oxygen atoms in total. The van der Waals surface area contributed by atoms with E-state index in [2.05, 4.69) is 41.5 Å². The van der Waals surface area contributed by atoms with Gasteiger partial charge in [0.1, 0.15) is 18.2 Å². The molecular weight excluding hydrogens is 672 g/mol. The predicted octanol–water partition coefficient (Wildman–Crippen LogP) is 8.11. The van der Waals surface area contributed by atoms with E-state index in [9.17, 15) is 9.18 Å². The SMILES string of the molecule is CCOc1cc(C=Nn2c(-c3cc(C(C)C)c(OC)cc3C)nc3ccccc3c2=O)cc(I)c1OCc1ccccc1F. The Hall–Kier alpha value is -4.25. The first-order valence-corrected chi connectivity index (χ1v) is 15.4. The van der Waals surface area contributed by atoms with Gasteiger partial charge in [-0.15, -0.1) is 0 Å². The van der Waals surface area contributed by atoms with E-state index in [-0.39, 0.29) is 23.9 Å².